The van der Waals surface area contributed by atoms with E-state index in [-0.39, 0.29) is 16.6 Å². The van der Waals surface area contributed by atoms with E-state index in [2.05, 4.69) is 5.32 Å². The Morgan fingerprint density at radius 1 is 1.32 bits per heavy atom. The van der Waals surface area contributed by atoms with Crippen LogP contribution in [0.1, 0.15) is 42.2 Å². The summed E-state index contributed by atoms with van der Waals surface area (Å²) in [5.41, 5.74) is 0.321. The number of halogens is 2. The summed E-state index contributed by atoms with van der Waals surface area (Å²) in [5.74, 6) is 0.188. The van der Waals surface area contributed by atoms with Gasteiger partial charge in [-0.2, -0.15) is 0 Å². The first-order chi connectivity index (χ1) is 11.8. The fourth-order valence-electron chi connectivity index (χ4n) is 3.00. The van der Waals surface area contributed by atoms with Gasteiger partial charge in [-0.3, -0.25) is 4.79 Å². The molecule has 0 spiro atoms. The molecule has 0 bridgehead atoms. The maximum atomic E-state index is 14.0. The quantitative estimate of drug-likeness (QED) is 0.872. The fourth-order valence-corrected chi connectivity index (χ4v) is 3.16. The SMILES string of the molecule is COc1ccc2c(c1)OC(C)(C)C[C@H]2NC(=O)c1ccc(Cl)cc1F. The summed E-state index contributed by atoms with van der Waals surface area (Å²) in [6.07, 6.45) is 0.563. The van der Waals surface area contributed by atoms with Gasteiger partial charge in [-0.1, -0.05) is 11.6 Å². The normalized spacial score (nSPS) is 18.0. The zero-order chi connectivity index (χ0) is 18.2. The van der Waals surface area contributed by atoms with E-state index >= 15 is 0 Å². The van der Waals surface area contributed by atoms with Crippen molar-refractivity contribution in [2.45, 2.75) is 31.9 Å². The van der Waals surface area contributed by atoms with Gasteiger partial charge in [0.1, 0.15) is 22.9 Å². The molecule has 0 saturated heterocycles. The third-order valence-corrected chi connectivity index (χ3v) is 4.39. The van der Waals surface area contributed by atoms with Gasteiger partial charge in [0, 0.05) is 23.1 Å². The molecule has 1 heterocycles. The molecule has 2 aromatic rings. The van der Waals surface area contributed by atoms with Crippen LogP contribution in [-0.2, 0) is 0 Å². The van der Waals surface area contributed by atoms with Crippen LogP contribution < -0.4 is 14.8 Å². The molecule has 4 nitrogen and oxygen atoms in total. The molecule has 6 heteroatoms. The predicted molar refractivity (Wildman–Crippen MR) is 93.9 cm³/mol. The minimum atomic E-state index is -0.647. The summed E-state index contributed by atoms with van der Waals surface area (Å²) in [4.78, 5) is 12.5. The molecule has 1 atom stereocenters. The van der Waals surface area contributed by atoms with Crippen molar-refractivity contribution in [3.8, 4) is 11.5 Å². The molecule has 3 rings (SSSR count). The van der Waals surface area contributed by atoms with Crippen molar-refractivity contribution >= 4 is 17.5 Å². The molecular formula is C19H19ClFNO3. The van der Waals surface area contributed by atoms with Crippen molar-refractivity contribution < 1.29 is 18.7 Å². The van der Waals surface area contributed by atoms with Gasteiger partial charge in [0.05, 0.1) is 18.7 Å². The van der Waals surface area contributed by atoms with Crippen molar-refractivity contribution in [1.82, 2.24) is 5.32 Å². The van der Waals surface area contributed by atoms with Crippen LogP contribution in [0.2, 0.25) is 5.02 Å². The second-order valence-corrected chi connectivity index (χ2v) is 7.06. The second-order valence-electron chi connectivity index (χ2n) is 6.62. The summed E-state index contributed by atoms with van der Waals surface area (Å²) >= 11 is 5.75. The fraction of sp³-hybridized carbons (Fsp3) is 0.316. The van der Waals surface area contributed by atoms with Gasteiger partial charge < -0.3 is 14.8 Å². The number of amides is 1. The highest BCUT2D eigenvalue weighted by Crippen LogP contribution is 2.41. The Morgan fingerprint density at radius 3 is 2.76 bits per heavy atom. The van der Waals surface area contributed by atoms with Crippen LogP contribution in [0, 0.1) is 5.82 Å². The van der Waals surface area contributed by atoms with Crippen LogP contribution in [-0.4, -0.2) is 18.6 Å². The topological polar surface area (TPSA) is 47.6 Å². The molecule has 1 aliphatic heterocycles. The van der Waals surface area contributed by atoms with Crippen molar-refractivity contribution in [3.05, 3.63) is 58.4 Å². The van der Waals surface area contributed by atoms with E-state index in [1.54, 1.807) is 13.2 Å². The summed E-state index contributed by atoms with van der Waals surface area (Å²) in [7, 11) is 1.58. The summed E-state index contributed by atoms with van der Waals surface area (Å²) in [6, 6.07) is 9.15. The monoisotopic (exact) mass is 363 g/mol. The van der Waals surface area contributed by atoms with E-state index in [9.17, 15) is 9.18 Å². The maximum Gasteiger partial charge on any atom is 0.254 e. The Bertz CT molecular complexity index is 822. The highest BCUT2D eigenvalue weighted by molar-refractivity contribution is 6.30. The highest BCUT2D eigenvalue weighted by Gasteiger charge is 2.35. The van der Waals surface area contributed by atoms with E-state index in [4.69, 9.17) is 21.1 Å². The molecule has 0 aliphatic carbocycles. The lowest BCUT2D eigenvalue weighted by Gasteiger charge is -2.38. The minimum Gasteiger partial charge on any atom is -0.497 e. The van der Waals surface area contributed by atoms with Crippen LogP contribution in [0.5, 0.6) is 11.5 Å². The number of fused-ring (bicyclic) bond motifs is 1. The van der Waals surface area contributed by atoms with Gasteiger partial charge in [-0.15, -0.1) is 0 Å². The lowest BCUT2D eigenvalue weighted by molar-refractivity contribution is 0.0616. The van der Waals surface area contributed by atoms with Gasteiger partial charge in [-0.05, 0) is 44.2 Å². The molecule has 0 aromatic heterocycles. The van der Waals surface area contributed by atoms with Gasteiger partial charge in [0.2, 0.25) is 0 Å². The van der Waals surface area contributed by atoms with Gasteiger partial charge in [-0.25, -0.2) is 4.39 Å². The van der Waals surface area contributed by atoms with Crippen LogP contribution in [0.15, 0.2) is 36.4 Å². The van der Waals surface area contributed by atoms with Crippen LogP contribution in [0.25, 0.3) is 0 Å². The first-order valence-corrected chi connectivity index (χ1v) is 8.30. The first-order valence-electron chi connectivity index (χ1n) is 7.92. The number of rotatable bonds is 3. The third kappa shape index (κ3) is 3.71. The Hall–Kier alpha value is -2.27. The predicted octanol–water partition coefficient (Wildman–Crippen LogP) is 4.52. The highest BCUT2D eigenvalue weighted by atomic mass is 35.5. The van der Waals surface area contributed by atoms with E-state index in [1.807, 2.05) is 26.0 Å². The number of methoxy groups -OCH3 is 1. The van der Waals surface area contributed by atoms with E-state index in [0.29, 0.717) is 17.9 Å². The average Bonchev–Trinajstić information content (AvgIpc) is 2.52. The van der Waals surface area contributed by atoms with Crippen molar-refractivity contribution in [1.29, 1.82) is 0 Å². The zero-order valence-corrected chi connectivity index (χ0v) is 15.0. The summed E-state index contributed by atoms with van der Waals surface area (Å²) < 4.78 is 25.2. The Labute approximate surface area is 150 Å². The van der Waals surface area contributed by atoms with E-state index in [0.717, 1.165) is 11.6 Å². The molecule has 25 heavy (non-hydrogen) atoms. The molecule has 1 N–H and O–H groups in total. The minimum absolute atomic E-state index is 0.0382. The summed E-state index contributed by atoms with van der Waals surface area (Å²) in [6.45, 7) is 3.88. The molecular weight excluding hydrogens is 345 g/mol. The molecule has 0 fully saturated rings. The van der Waals surface area contributed by atoms with Gasteiger partial charge in [0.25, 0.3) is 5.91 Å². The number of hydrogen-bond donors (Lipinski definition) is 1. The zero-order valence-electron chi connectivity index (χ0n) is 14.2. The maximum absolute atomic E-state index is 14.0. The molecule has 0 unspecified atom stereocenters. The Morgan fingerprint density at radius 2 is 2.08 bits per heavy atom. The molecule has 132 valence electrons. The second kappa shape index (κ2) is 6.56. The van der Waals surface area contributed by atoms with Crippen molar-refractivity contribution in [2.75, 3.05) is 7.11 Å². The lowest BCUT2D eigenvalue weighted by Crippen LogP contribution is -2.41. The standard InChI is InChI=1S/C19H19ClFNO3/c1-19(2)10-16(14-7-5-12(24-3)9-17(14)25-19)22-18(23)13-6-4-11(20)8-15(13)21/h4-9,16H,10H2,1-3H3,(H,22,23)/t16-/m1/s1. The Balaban J connectivity index is 1.90. The van der Waals surface area contributed by atoms with Crippen LogP contribution in [0.3, 0.4) is 0 Å². The van der Waals surface area contributed by atoms with Crippen LogP contribution in [0.4, 0.5) is 4.39 Å². The van der Waals surface area contributed by atoms with Gasteiger partial charge in [0.15, 0.2) is 0 Å². The lowest BCUT2D eigenvalue weighted by atomic mass is 9.89. The molecule has 1 aliphatic rings. The summed E-state index contributed by atoms with van der Waals surface area (Å²) in [5, 5.41) is 3.15. The average molecular weight is 364 g/mol. The van der Waals surface area contributed by atoms with Crippen molar-refractivity contribution in [3.63, 3.8) is 0 Å². The molecule has 1 amide bonds. The largest absolute Gasteiger partial charge is 0.497 e. The molecule has 0 saturated carbocycles. The van der Waals surface area contributed by atoms with Gasteiger partial charge >= 0.3 is 0 Å². The number of carbonyl (C=O) groups excluding carboxylic acids is 1. The van der Waals surface area contributed by atoms with Crippen LogP contribution >= 0.6 is 11.6 Å². The number of benzene rings is 2. The number of ether oxygens (including phenoxy) is 2. The third-order valence-electron chi connectivity index (χ3n) is 4.16. The smallest absolute Gasteiger partial charge is 0.254 e. The number of hydrogen-bond acceptors (Lipinski definition) is 3. The molecule has 0 radical (unpaired) electrons. The molecule has 2 aromatic carbocycles. The van der Waals surface area contributed by atoms with E-state index in [1.165, 1.54) is 12.1 Å². The first kappa shape index (κ1) is 17.5. The van der Waals surface area contributed by atoms with E-state index < -0.39 is 17.3 Å². The number of nitrogens with one attached hydrogen (secondary N) is 1. The number of carbonyl (C=O) groups is 1. The Kier molecular flexibility index (Phi) is 4.60. The van der Waals surface area contributed by atoms with Crippen molar-refractivity contribution in [2.24, 2.45) is 0 Å².